The van der Waals surface area contributed by atoms with Crippen LogP contribution < -0.4 is 10.5 Å². The molecule has 0 amide bonds. The Labute approximate surface area is 159 Å². The van der Waals surface area contributed by atoms with E-state index in [2.05, 4.69) is 58.1 Å². The van der Waals surface area contributed by atoms with Crippen molar-refractivity contribution >= 4 is 8.32 Å². The Morgan fingerprint density at radius 3 is 2.12 bits per heavy atom. The second kappa shape index (κ2) is 8.85. The monoisotopic (exact) mass is 371 g/mol. The number of nitrogens with two attached hydrogens (primary N) is 1. The lowest BCUT2D eigenvalue weighted by Gasteiger charge is -2.37. The molecule has 0 aliphatic carbocycles. The lowest BCUT2D eigenvalue weighted by molar-refractivity contribution is 0.262. The Hall–Kier alpha value is -1.62. The number of benzene rings is 2. The molecule has 0 aliphatic heterocycles. The number of rotatable bonds is 8. The average Bonchev–Trinajstić information content (AvgIpc) is 2.59. The molecule has 0 aromatic heterocycles. The third-order valence-electron chi connectivity index (χ3n) is 5.13. The van der Waals surface area contributed by atoms with Crippen molar-refractivity contribution in [1.29, 1.82) is 0 Å². The molecular formula is C22H33NO2Si. The van der Waals surface area contributed by atoms with Crippen LogP contribution >= 0.6 is 0 Å². The molecule has 0 heterocycles. The summed E-state index contributed by atoms with van der Waals surface area (Å²) in [6, 6.07) is 18.4. The minimum Gasteiger partial charge on any atom is -0.489 e. The van der Waals surface area contributed by atoms with Crippen molar-refractivity contribution in [3.63, 3.8) is 0 Å². The fourth-order valence-electron chi connectivity index (χ4n) is 2.36. The summed E-state index contributed by atoms with van der Waals surface area (Å²) in [6.45, 7) is 12.5. The van der Waals surface area contributed by atoms with Crippen molar-refractivity contribution in [1.82, 2.24) is 0 Å². The van der Waals surface area contributed by atoms with Gasteiger partial charge in [0.15, 0.2) is 8.32 Å². The van der Waals surface area contributed by atoms with Gasteiger partial charge in [0.05, 0.1) is 0 Å². The van der Waals surface area contributed by atoms with Gasteiger partial charge in [-0.3, -0.25) is 0 Å². The third-order valence-corrected chi connectivity index (χ3v) is 9.63. The molecule has 3 nitrogen and oxygen atoms in total. The molecule has 0 saturated carbocycles. The van der Waals surface area contributed by atoms with Crippen LogP contribution in [0.2, 0.25) is 18.1 Å². The van der Waals surface area contributed by atoms with Gasteiger partial charge in [-0.2, -0.15) is 0 Å². The summed E-state index contributed by atoms with van der Waals surface area (Å²) in [4.78, 5) is 0. The highest BCUT2D eigenvalue weighted by Gasteiger charge is 2.37. The van der Waals surface area contributed by atoms with Crippen LogP contribution in [0.4, 0.5) is 0 Å². The van der Waals surface area contributed by atoms with Crippen LogP contribution in [0, 0.1) is 0 Å². The molecule has 0 bridgehead atoms. The Morgan fingerprint density at radius 1 is 0.923 bits per heavy atom. The van der Waals surface area contributed by atoms with Crippen molar-refractivity contribution in [2.24, 2.45) is 5.73 Å². The molecule has 26 heavy (non-hydrogen) atoms. The molecule has 2 aromatic rings. The summed E-state index contributed by atoms with van der Waals surface area (Å²) in [5, 5.41) is 0.213. The van der Waals surface area contributed by atoms with E-state index < -0.39 is 8.32 Å². The molecule has 4 heteroatoms. The van der Waals surface area contributed by atoms with E-state index in [0.29, 0.717) is 13.2 Å². The average molecular weight is 372 g/mol. The summed E-state index contributed by atoms with van der Waals surface area (Å²) in [5.41, 5.74) is 8.67. The van der Waals surface area contributed by atoms with Crippen molar-refractivity contribution in [2.45, 2.75) is 58.0 Å². The van der Waals surface area contributed by atoms with Gasteiger partial charge in [0.1, 0.15) is 12.4 Å². The zero-order chi connectivity index (χ0) is 19.2. The van der Waals surface area contributed by atoms with Crippen LogP contribution in [0.5, 0.6) is 5.75 Å². The van der Waals surface area contributed by atoms with Crippen molar-refractivity contribution in [3.05, 3.63) is 65.7 Å². The van der Waals surface area contributed by atoms with Gasteiger partial charge in [0.2, 0.25) is 0 Å². The highest BCUT2D eigenvalue weighted by Crippen LogP contribution is 2.36. The van der Waals surface area contributed by atoms with Gasteiger partial charge in [0.25, 0.3) is 0 Å². The van der Waals surface area contributed by atoms with Crippen LogP contribution in [-0.2, 0) is 17.5 Å². The number of hydrogen-bond donors (Lipinski definition) is 1. The predicted octanol–water partition coefficient (Wildman–Crippen LogP) is 5.16. The van der Waals surface area contributed by atoms with E-state index in [9.17, 15) is 0 Å². The number of ether oxygens (including phenoxy) is 1. The van der Waals surface area contributed by atoms with E-state index in [-0.39, 0.29) is 11.1 Å². The summed E-state index contributed by atoms with van der Waals surface area (Å²) >= 11 is 0. The molecule has 2 N–H and O–H groups in total. The molecule has 2 rings (SSSR count). The largest absolute Gasteiger partial charge is 0.489 e. The van der Waals surface area contributed by atoms with Gasteiger partial charge in [-0.05, 0) is 47.8 Å². The Bertz CT molecular complexity index is 663. The molecule has 0 spiro atoms. The molecular weight excluding hydrogens is 338 g/mol. The molecule has 0 fully saturated rings. The van der Waals surface area contributed by atoms with Crippen molar-refractivity contribution in [2.75, 3.05) is 6.61 Å². The second-order valence-electron chi connectivity index (χ2n) is 8.45. The Morgan fingerprint density at radius 2 is 1.54 bits per heavy atom. The van der Waals surface area contributed by atoms with Gasteiger partial charge in [0, 0.05) is 12.6 Å². The van der Waals surface area contributed by atoms with Crippen LogP contribution in [0.1, 0.15) is 31.9 Å². The number of hydrogen-bond acceptors (Lipinski definition) is 3. The first kappa shape index (κ1) is 20.7. The van der Waals surface area contributed by atoms with E-state index in [4.69, 9.17) is 14.9 Å². The first-order valence-corrected chi connectivity index (χ1v) is 12.2. The van der Waals surface area contributed by atoms with Crippen LogP contribution in [0.25, 0.3) is 0 Å². The summed E-state index contributed by atoms with van der Waals surface area (Å²) in [7, 11) is -1.74. The minimum atomic E-state index is -1.74. The third kappa shape index (κ3) is 6.27. The first-order valence-electron chi connectivity index (χ1n) is 9.32. The van der Waals surface area contributed by atoms with Gasteiger partial charge < -0.3 is 14.9 Å². The van der Waals surface area contributed by atoms with E-state index in [1.165, 1.54) is 11.1 Å². The van der Waals surface area contributed by atoms with Crippen LogP contribution in [-0.4, -0.2) is 21.0 Å². The van der Waals surface area contributed by atoms with Gasteiger partial charge in [-0.15, -0.1) is 0 Å². The standard InChI is InChI=1S/C22H33NO2Si/c1-22(2,3)26(4,5)25-17-20(23)15-18-11-13-21(14-12-18)24-16-19-9-7-6-8-10-19/h6-14,20H,15-17,23H2,1-5H3. The fourth-order valence-corrected chi connectivity index (χ4v) is 3.42. The SMILES string of the molecule is CC(C)(C)[Si](C)(C)OCC(N)Cc1ccc(OCc2ccccc2)cc1. The van der Waals surface area contributed by atoms with Gasteiger partial charge in [-0.1, -0.05) is 63.2 Å². The molecule has 2 aromatic carbocycles. The van der Waals surface area contributed by atoms with Gasteiger partial charge >= 0.3 is 0 Å². The van der Waals surface area contributed by atoms with E-state index in [1.54, 1.807) is 0 Å². The maximum Gasteiger partial charge on any atom is 0.192 e. The van der Waals surface area contributed by atoms with Crippen molar-refractivity contribution in [3.8, 4) is 5.75 Å². The molecule has 1 unspecified atom stereocenters. The summed E-state index contributed by atoms with van der Waals surface area (Å²) < 4.78 is 12.1. The highest BCUT2D eigenvalue weighted by atomic mass is 28.4. The smallest absolute Gasteiger partial charge is 0.192 e. The minimum absolute atomic E-state index is 0.0141. The quantitative estimate of drug-likeness (QED) is 0.652. The summed E-state index contributed by atoms with van der Waals surface area (Å²) in [5.74, 6) is 0.878. The topological polar surface area (TPSA) is 44.5 Å². The molecule has 0 aliphatic rings. The summed E-state index contributed by atoms with van der Waals surface area (Å²) in [6.07, 6.45) is 0.813. The second-order valence-corrected chi connectivity index (χ2v) is 13.3. The normalized spacial score (nSPS) is 13.5. The zero-order valence-corrected chi connectivity index (χ0v) is 17.8. The maximum atomic E-state index is 6.29. The Balaban J connectivity index is 1.81. The molecule has 1 atom stereocenters. The molecule has 0 saturated heterocycles. The van der Waals surface area contributed by atoms with E-state index in [0.717, 1.165) is 12.2 Å². The zero-order valence-electron chi connectivity index (χ0n) is 16.8. The highest BCUT2D eigenvalue weighted by molar-refractivity contribution is 6.74. The molecule has 142 valence electrons. The lowest BCUT2D eigenvalue weighted by atomic mass is 10.1. The Kier molecular flexibility index (Phi) is 7.04. The maximum absolute atomic E-state index is 6.29. The van der Waals surface area contributed by atoms with Crippen LogP contribution in [0.15, 0.2) is 54.6 Å². The lowest BCUT2D eigenvalue weighted by Crippen LogP contribution is -2.44. The van der Waals surface area contributed by atoms with Gasteiger partial charge in [-0.25, -0.2) is 0 Å². The fraction of sp³-hybridized carbons (Fsp3) is 0.455. The van der Waals surface area contributed by atoms with E-state index in [1.807, 2.05) is 30.3 Å². The van der Waals surface area contributed by atoms with Crippen molar-refractivity contribution < 1.29 is 9.16 Å². The predicted molar refractivity (Wildman–Crippen MR) is 112 cm³/mol. The first-order chi connectivity index (χ1) is 12.2. The van der Waals surface area contributed by atoms with E-state index >= 15 is 0 Å². The molecule has 0 radical (unpaired) electrons. The van der Waals surface area contributed by atoms with Crippen LogP contribution in [0.3, 0.4) is 0 Å².